The third-order valence-corrected chi connectivity index (χ3v) is 4.08. The highest BCUT2D eigenvalue weighted by Gasteiger charge is 2.14. The minimum absolute atomic E-state index is 0.0103. The van der Waals surface area contributed by atoms with Crippen LogP contribution in [0.2, 0.25) is 0 Å². The van der Waals surface area contributed by atoms with E-state index in [4.69, 9.17) is 18.0 Å². The molecule has 6 nitrogen and oxygen atoms in total. The number of rotatable bonds is 7. The first kappa shape index (κ1) is 16.5. The predicted octanol–water partition coefficient (Wildman–Crippen LogP) is 0.357. The number of ether oxygens (including phenoxy) is 1. The van der Waals surface area contributed by atoms with Gasteiger partial charge in [-0.05, 0) is 17.7 Å². The quantitative estimate of drug-likeness (QED) is 0.556. The van der Waals surface area contributed by atoms with Crippen LogP contribution >= 0.6 is 12.2 Å². The van der Waals surface area contributed by atoms with E-state index in [1.807, 2.05) is 0 Å². The fourth-order valence-corrected chi connectivity index (χ4v) is 2.66. The second-order valence-electron chi connectivity index (χ2n) is 4.01. The lowest BCUT2D eigenvalue weighted by atomic mass is 10.1. The molecule has 110 valence electrons. The molecule has 3 N–H and O–H groups in total. The zero-order valence-electron chi connectivity index (χ0n) is 11.0. The maximum atomic E-state index is 11.9. The molecule has 0 saturated heterocycles. The molecule has 0 fully saturated rings. The van der Waals surface area contributed by atoms with Gasteiger partial charge in [0.1, 0.15) is 0 Å². The number of benzene rings is 1. The lowest BCUT2D eigenvalue weighted by Gasteiger charge is -2.07. The van der Waals surface area contributed by atoms with Crippen molar-refractivity contribution >= 4 is 33.2 Å². The monoisotopic (exact) mass is 316 g/mol. The summed E-state index contributed by atoms with van der Waals surface area (Å²) in [4.78, 5) is 11.4. The fourth-order valence-electron chi connectivity index (χ4n) is 1.46. The summed E-state index contributed by atoms with van der Waals surface area (Å²) in [5.74, 6) is -0.473. The van der Waals surface area contributed by atoms with Gasteiger partial charge in [-0.3, -0.25) is 4.79 Å². The lowest BCUT2D eigenvalue weighted by molar-refractivity contribution is -0.140. The molecule has 1 aromatic carbocycles. The van der Waals surface area contributed by atoms with Gasteiger partial charge in [-0.1, -0.05) is 24.4 Å². The molecule has 0 amide bonds. The van der Waals surface area contributed by atoms with Gasteiger partial charge in [-0.25, -0.2) is 13.1 Å². The van der Waals surface area contributed by atoms with Gasteiger partial charge in [0.15, 0.2) is 0 Å². The van der Waals surface area contributed by atoms with Crippen LogP contribution in [0.15, 0.2) is 29.2 Å². The third-order valence-electron chi connectivity index (χ3n) is 2.46. The van der Waals surface area contributed by atoms with Crippen molar-refractivity contribution in [2.75, 3.05) is 13.7 Å². The van der Waals surface area contributed by atoms with Crippen LogP contribution in [0.5, 0.6) is 0 Å². The fraction of sp³-hybridized carbons (Fsp3) is 0.333. The van der Waals surface area contributed by atoms with Crippen molar-refractivity contribution in [1.29, 1.82) is 0 Å². The van der Waals surface area contributed by atoms with Gasteiger partial charge < -0.3 is 10.5 Å². The van der Waals surface area contributed by atoms with Crippen LogP contribution in [-0.4, -0.2) is 33.0 Å². The van der Waals surface area contributed by atoms with Crippen LogP contribution in [0, 0.1) is 0 Å². The Balaban J connectivity index is 2.68. The molecule has 0 radical (unpaired) electrons. The second-order valence-corrected chi connectivity index (χ2v) is 6.30. The van der Waals surface area contributed by atoms with E-state index in [0.717, 1.165) is 5.56 Å². The van der Waals surface area contributed by atoms with E-state index in [9.17, 15) is 13.2 Å². The molecule has 0 heterocycles. The molecule has 0 aliphatic rings. The second kappa shape index (κ2) is 7.32. The van der Waals surface area contributed by atoms with Crippen LogP contribution < -0.4 is 10.5 Å². The Morgan fingerprint density at radius 2 is 1.95 bits per heavy atom. The summed E-state index contributed by atoms with van der Waals surface area (Å²) in [6.45, 7) is -0.0103. The lowest BCUT2D eigenvalue weighted by Crippen LogP contribution is -2.26. The zero-order valence-corrected chi connectivity index (χ0v) is 12.6. The van der Waals surface area contributed by atoms with Crippen molar-refractivity contribution in [3.63, 3.8) is 0 Å². The molecule has 8 heteroatoms. The van der Waals surface area contributed by atoms with E-state index in [2.05, 4.69) is 9.46 Å². The first-order chi connectivity index (χ1) is 9.35. The molecule has 20 heavy (non-hydrogen) atoms. The largest absolute Gasteiger partial charge is 0.469 e. The van der Waals surface area contributed by atoms with Crippen molar-refractivity contribution in [1.82, 2.24) is 4.72 Å². The average molecular weight is 316 g/mol. The number of hydrogen-bond acceptors (Lipinski definition) is 5. The van der Waals surface area contributed by atoms with Crippen molar-refractivity contribution < 1.29 is 17.9 Å². The van der Waals surface area contributed by atoms with Crippen molar-refractivity contribution in [2.45, 2.75) is 17.7 Å². The molecule has 0 spiro atoms. The van der Waals surface area contributed by atoms with Gasteiger partial charge in [0, 0.05) is 13.0 Å². The number of carbonyl (C=O) groups is 1. The van der Waals surface area contributed by atoms with E-state index in [0.29, 0.717) is 11.4 Å². The Bertz CT molecular complexity index is 582. The molecule has 0 atom stereocenters. The van der Waals surface area contributed by atoms with Gasteiger partial charge >= 0.3 is 5.97 Å². The Morgan fingerprint density at radius 3 is 2.45 bits per heavy atom. The van der Waals surface area contributed by atoms with Gasteiger partial charge in [-0.2, -0.15) is 0 Å². The molecule has 0 saturated carbocycles. The van der Waals surface area contributed by atoms with Gasteiger partial charge in [0.2, 0.25) is 10.0 Å². The summed E-state index contributed by atoms with van der Waals surface area (Å²) in [5.41, 5.74) is 6.25. The summed E-state index contributed by atoms with van der Waals surface area (Å²) in [5, 5.41) is 0. The Kier molecular flexibility index (Phi) is 6.05. The molecule has 1 rings (SSSR count). The SMILES string of the molecule is COC(=O)CCNS(=O)(=O)c1ccc(CC(N)=S)cc1. The molecular weight excluding hydrogens is 300 g/mol. The smallest absolute Gasteiger partial charge is 0.306 e. The maximum absolute atomic E-state index is 11.9. The van der Waals surface area contributed by atoms with Crippen molar-refractivity contribution in [2.24, 2.45) is 5.73 Å². The normalized spacial score (nSPS) is 11.1. The molecular formula is C12H16N2O4S2. The summed E-state index contributed by atoms with van der Waals surface area (Å²) in [7, 11) is -2.38. The number of esters is 1. The van der Waals surface area contributed by atoms with Crippen LogP contribution in [0.3, 0.4) is 0 Å². The third kappa shape index (κ3) is 5.24. The summed E-state index contributed by atoms with van der Waals surface area (Å²) >= 11 is 4.78. The van der Waals surface area contributed by atoms with Gasteiger partial charge in [0.05, 0.1) is 23.4 Å². The van der Waals surface area contributed by atoms with Crippen LogP contribution in [0.4, 0.5) is 0 Å². The molecule has 0 aromatic heterocycles. The van der Waals surface area contributed by atoms with E-state index in [1.165, 1.54) is 19.2 Å². The minimum atomic E-state index is -3.63. The van der Waals surface area contributed by atoms with Crippen LogP contribution in [-0.2, 0) is 26.0 Å². The highest BCUT2D eigenvalue weighted by molar-refractivity contribution is 7.89. The molecule has 0 aliphatic carbocycles. The number of hydrogen-bond donors (Lipinski definition) is 2. The number of methoxy groups -OCH3 is 1. The topological polar surface area (TPSA) is 98.5 Å². The summed E-state index contributed by atoms with van der Waals surface area (Å²) < 4.78 is 30.6. The predicted molar refractivity (Wildman–Crippen MR) is 78.8 cm³/mol. The van der Waals surface area contributed by atoms with E-state index < -0.39 is 16.0 Å². The molecule has 0 bridgehead atoms. The number of thiocarbonyl (C=S) groups is 1. The number of sulfonamides is 1. The number of nitrogens with two attached hydrogens (primary N) is 1. The first-order valence-electron chi connectivity index (χ1n) is 5.79. The van der Waals surface area contributed by atoms with E-state index in [-0.39, 0.29) is 17.9 Å². The van der Waals surface area contributed by atoms with Crippen molar-refractivity contribution in [3.05, 3.63) is 29.8 Å². The average Bonchev–Trinajstić information content (AvgIpc) is 2.38. The summed E-state index contributed by atoms with van der Waals surface area (Å²) in [6.07, 6.45) is 0.403. The minimum Gasteiger partial charge on any atom is -0.469 e. The van der Waals surface area contributed by atoms with E-state index in [1.54, 1.807) is 12.1 Å². The standard InChI is InChI=1S/C12H16N2O4S2/c1-18-12(15)6-7-14-20(16,17)10-4-2-9(3-5-10)8-11(13)19/h2-5,14H,6-8H2,1H3,(H2,13,19). The van der Waals surface area contributed by atoms with Gasteiger partial charge in [-0.15, -0.1) is 0 Å². The number of nitrogens with one attached hydrogen (secondary N) is 1. The number of carbonyl (C=O) groups excluding carboxylic acids is 1. The molecule has 0 unspecified atom stereocenters. The van der Waals surface area contributed by atoms with Crippen molar-refractivity contribution in [3.8, 4) is 0 Å². The first-order valence-corrected chi connectivity index (χ1v) is 7.68. The highest BCUT2D eigenvalue weighted by Crippen LogP contribution is 2.11. The molecule has 1 aromatic rings. The Hall–Kier alpha value is -1.51. The van der Waals surface area contributed by atoms with E-state index >= 15 is 0 Å². The summed E-state index contributed by atoms with van der Waals surface area (Å²) in [6, 6.07) is 6.23. The Morgan fingerprint density at radius 1 is 1.35 bits per heavy atom. The molecule has 0 aliphatic heterocycles. The highest BCUT2D eigenvalue weighted by atomic mass is 32.2. The maximum Gasteiger partial charge on any atom is 0.306 e. The van der Waals surface area contributed by atoms with Crippen LogP contribution in [0.1, 0.15) is 12.0 Å². The zero-order chi connectivity index (χ0) is 15.2. The van der Waals surface area contributed by atoms with Crippen LogP contribution in [0.25, 0.3) is 0 Å². The Labute approximate surface area is 123 Å². The van der Waals surface area contributed by atoms with Gasteiger partial charge in [0.25, 0.3) is 0 Å².